The number of nitrogens with zero attached hydrogens (tertiary/aromatic N) is 3. The summed E-state index contributed by atoms with van der Waals surface area (Å²) in [6.07, 6.45) is 8.25. The number of aryl methyl sites for hydroxylation is 2. The molecule has 9 nitrogen and oxygen atoms in total. The number of halogens is 2. The number of anilines is 1. The fraction of sp³-hybridized carbons (Fsp3) is 0.633. The van der Waals surface area contributed by atoms with Crippen molar-refractivity contribution in [2.75, 3.05) is 25.0 Å². The Labute approximate surface area is 248 Å². The van der Waals surface area contributed by atoms with E-state index in [2.05, 4.69) is 5.32 Å². The second-order valence-electron chi connectivity index (χ2n) is 11.4. The van der Waals surface area contributed by atoms with Gasteiger partial charge in [-0.3, -0.25) is 14.7 Å². The number of amidine groups is 1. The van der Waals surface area contributed by atoms with Crippen LogP contribution in [0.3, 0.4) is 0 Å². The van der Waals surface area contributed by atoms with Gasteiger partial charge in [-0.25, -0.2) is 22.0 Å². The average molecular weight is 610 g/mol. The SMILES string of the molecule is Cc1cc(N(C)C(N)=O)cc(C)c1C=CS(=O)(=O)N1CCC2(CC1)N=C(CCCCCCCCCCC(F)F)NC2=O. The van der Waals surface area contributed by atoms with E-state index in [1.165, 1.54) is 14.6 Å². The third kappa shape index (κ3) is 9.07. The maximum absolute atomic E-state index is 13.1. The molecular formula is C30H45F2N5O4S. The van der Waals surface area contributed by atoms with Gasteiger partial charge in [0.15, 0.2) is 0 Å². The van der Waals surface area contributed by atoms with Gasteiger partial charge in [0.2, 0.25) is 16.4 Å². The second kappa shape index (κ2) is 15.0. The standard InChI is InChI=1S/C30H45F2N5O4S/c1-22-20-24(36(3)29(33)39)21-23(2)25(22)14-19-42(40,41)37-17-15-30(16-18-37)28(38)34-27(35-30)13-11-9-7-5-4-6-8-10-12-26(31)32/h14,19-21,26H,4-13,15-18H2,1-3H3,(H2,33,39)(H,34,35,38). The highest BCUT2D eigenvalue weighted by atomic mass is 32.2. The summed E-state index contributed by atoms with van der Waals surface area (Å²) in [5, 5.41) is 4.12. The van der Waals surface area contributed by atoms with Crippen LogP contribution in [0.25, 0.3) is 6.08 Å². The third-order valence-electron chi connectivity index (χ3n) is 8.23. The van der Waals surface area contributed by atoms with Crippen molar-refractivity contribution in [1.29, 1.82) is 0 Å². The summed E-state index contributed by atoms with van der Waals surface area (Å²) in [4.78, 5) is 30.4. The zero-order chi connectivity index (χ0) is 30.9. The minimum atomic E-state index is -3.71. The predicted molar refractivity (Wildman–Crippen MR) is 163 cm³/mol. The molecule has 0 atom stereocenters. The summed E-state index contributed by atoms with van der Waals surface area (Å²) in [5.41, 5.74) is 7.47. The number of amides is 3. The molecule has 2 heterocycles. The fourth-order valence-corrected chi connectivity index (χ4v) is 6.75. The zero-order valence-electron chi connectivity index (χ0n) is 25.0. The number of rotatable bonds is 15. The number of hydrogen-bond donors (Lipinski definition) is 2. The van der Waals surface area contributed by atoms with E-state index in [1.54, 1.807) is 25.3 Å². The molecule has 1 aromatic carbocycles. The van der Waals surface area contributed by atoms with E-state index in [0.717, 1.165) is 61.6 Å². The molecule has 0 unspecified atom stereocenters. The van der Waals surface area contributed by atoms with Gasteiger partial charge in [-0.2, -0.15) is 4.31 Å². The molecule has 0 radical (unpaired) electrons. The number of sulfonamides is 1. The minimum absolute atomic E-state index is 0.00529. The molecule has 0 saturated carbocycles. The number of piperidine rings is 1. The first-order chi connectivity index (χ1) is 19.8. The van der Waals surface area contributed by atoms with Crippen molar-refractivity contribution in [2.45, 2.75) is 103 Å². The quantitative estimate of drug-likeness (QED) is 0.249. The molecule has 3 rings (SSSR count). The number of nitrogens with two attached hydrogens (primary N) is 1. The Morgan fingerprint density at radius 1 is 1.07 bits per heavy atom. The molecule has 42 heavy (non-hydrogen) atoms. The van der Waals surface area contributed by atoms with Crippen molar-refractivity contribution < 1.29 is 26.8 Å². The number of unbranched alkanes of at least 4 members (excludes halogenated alkanes) is 7. The lowest BCUT2D eigenvalue weighted by Crippen LogP contribution is -2.50. The average Bonchev–Trinajstić information content (AvgIpc) is 3.22. The first-order valence-corrected chi connectivity index (χ1v) is 16.4. The van der Waals surface area contributed by atoms with Gasteiger partial charge in [-0.05, 0) is 74.4 Å². The van der Waals surface area contributed by atoms with Crippen LogP contribution in [0, 0.1) is 13.8 Å². The lowest BCUT2D eigenvalue weighted by molar-refractivity contribution is -0.124. The van der Waals surface area contributed by atoms with Gasteiger partial charge in [0, 0.05) is 44.1 Å². The fourth-order valence-electron chi connectivity index (χ4n) is 5.58. The van der Waals surface area contributed by atoms with E-state index in [-0.39, 0.29) is 25.4 Å². The van der Waals surface area contributed by atoms with Crippen molar-refractivity contribution in [2.24, 2.45) is 10.7 Å². The number of urea groups is 1. The molecule has 3 N–H and O–H groups in total. The third-order valence-corrected chi connectivity index (χ3v) is 9.79. The number of hydrogen-bond acceptors (Lipinski definition) is 5. The van der Waals surface area contributed by atoms with Crippen LogP contribution in [-0.4, -0.2) is 62.6 Å². The Hall–Kier alpha value is -2.86. The van der Waals surface area contributed by atoms with Crippen molar-refractivity contribution >= 4 is 39.6 Å². The largest absolute Gasteiger partial charge is 0.351 e. The van der Waals surface area contributed by atoms with E-state index >= 15 is 0 Å². The van der Waals surface area contributed by atoms with E-state index in [4.69, 9.17) is 10.7 Å². The maximum atomic E-state index is 13.1. The minimum Gasteiger partial charge on any atom is -0.351 e. The summed E-state index contributed by atoms with van der Waals surface area (Å²) in [6.45, 7) is 4.10. The lowest BCUT2D eigenvalue weighted by atomic mass is 9.89. The van der Waals surface area contributed by atoms with Crippen molar-refractivity contribution in [3.8, 4) is 0 Å². The predicted octanol–water partition coefficient (Wildman–Crippen LogP) is 5.65. The number of primary amides is 1. The molecule has 0 bridgehead atoms. The Kier molecular flexibility index (Phi) is 12.0. The highest BCUT2D eigenvalue weighted by molar-refractivity contribution is 7.92. The van der Waals surface area contributed by atoms with E-state index in [9.17, 15) is 26.8 Å². The number of benzene rings is 1. The summed E-state index contributed by atoms with van der Waals surface area (Å²) in [5.74, 6) is 0.528. The van der Waals surface area contributed by atoms with Crippen LogP contribution in [0.1, 0.15) is 93.7 Å². The van der Waals surface area contributed by atoms with Crippen LogP contribution in [0.4, 0.5) is 19.3 Å². The van der Waals surface area contributed by atoms with Gasteiger partial charge >= 0.3 is 6.03 Å². The zero-order valence-corrected chi connectivity index (χ0v) is 25.8. The molecule has 1 spiro atoms. The number of nitrogens with one attached hydrogen (secondary N) is 1. The number of alkyl halides is 2. The highest BCUT2D eigenvalue weighted by Gasteiger charge is 2.46. The molecule has 0 aliphatic carbocycles. The van der Waals surface area contributed by atoms with Crippen molar-refractivity contribution in [1.82, 2.24) is 9.62 Å². The molecule has 234 valence electrons. The van der Waals surface area contributed by atoms with Gasteiger partial charge in [-0.1, -0.05) is 38.5 Å². The van der Waals surface area contributed by atoms with Crippen LogP contribution >= 0.6 is 0 Å². The Morgan fingerprint density at radius 2 is 1.62 bits per heavy atom. The molecule has 2 aliphatic rings. The first-order valence-electron chi connectivity index (χ1n) is 14.9. The Balaban J connectivity index is 1.47. The van der Waals surface area contributed by atoms with Gasteiger partial charge in [0.25, 0.3) is 5.91 Å². The first kappa shape index (κ1) is 33.6. The number of carbonyl (C=O) groups is 2. The normalized spacial score (nSPS) is 17.3. The number of aliphatic imine (C=N–C) groups is 1. The van der Waals surface area contributed by atoms with Gasteiger partial charge in [0.05, 0.1) is 0 Å². The molecule has 1 saturated heterocycles. The molecule has 0 aromatic heterocycles. The van der Waals surface area contributed by atoms with E-state index in [0.29, 0.717) is 37.2 Å². The molecule has 1 aromatic rings. The van der Waals surface area contributed by atoms with E-state index in [1.807, 2.05) is 13.8 Å². The van der Waals surface area contributed by atoms with Crippen LogP contribution < -0.4 is 16.0 Å². The summed E-state index contributed by atoms with van der Waals surface area (Å²) >= 11 is 0. The van der Waals surface area contributed by atoms with Crippen LogP contribution in [0.15, 0.2) is 22.5 Å². The molecular weight excluding hydrogens is 564 g/mol. The van der Waals surface area contributed by atoms with Crippen LogP contribution in [0.2, 0.25) is 0 Å². The summed E-state index contributed by atoms with van der Waals surface area (Å²) < 4.78 is 52.0. The monoisotopic (exact) mass is 609 g/mol. The molecule has 2 aliphatic heterocycles. The van der Waals surface area contributed by atoms with Gasteiger partial charge in [-0.15, -0.1) is 0 Å². The molecule has 12 heteroatoms. The molecule has 1 fully saturated rings. The topological polar surface area (TPSA) is 125 Å². The lowest BCUT2D eigenvalue weighted by Gasteiger charge is -2.34. The van der Waals surface area contributed by atoms with Crippen LogP contribution in [-0.2, 0) is 14.8 Å². The van der Waals surface area contributed by atoms with Crippen molar-refractivity contribution in [3.05, 3.63) is 34.2 Å². The maximum Gasteiger partial charge on any atom is 0.318 e. The summed E-state index contributed by atoms with van der Waals surface area (Å²) in [7, 11) is -2.14. The van der Waals surface area contributed by atoms with Gasteiger partial charge in [0.1, 0.15) is 11.4 Å². The highest BCUT2D eigenvalue weighted by Crippen LogP contribution is 2.32. The Bertz CT molecular complexity index is 1250. The smallest absolute Gasteiger partial charge is 0.318 e. The second-order valence-corrected chi connectivity index (χ2v) is 13.3. The number of carbonyl (C=O) groups excluding carboxylic acids is 2. The van der Waals surface area contributed by atoms with E-state index < -0.39 is 28.0 Å². The molecule has 3 amide bonds. The van der Waals surface area contributed by atoms with Gasteiger partial charge < -0.3 is 11.1 Å². The van der Waals surface area contributed by atoms with Crippen molar-refractivity contribution in [3.63, 3.8) is 0 Å². The Morgan fingerprint density at radius 3 is 2.17 bits per heavy atom. The summed E-state index contributed by atoms with van der Waals surface area (Å²) in [6, 6.07) is 2.98. The van der Waals surface area contributed by atoms with Crippen LogP contribution in [0.5, 0.6) is 0 Å².